The van der Waals surface area contributed by atoms with Gasteiger partial charge in [-0.2, -0.15) is 4.99 Å². The van der Waals surface area contributed by atoms with E-state index in [2.05, 4.69) is 17.2 Å². The fourth-order valence-corrected chi connectivity index (χ4v) is 4.37. The molecule has 0 unspecified atom stereocenters. The maximum Gasteiger partial charge on any atom is 0.343 e. The van der Waals surface area contributed by atoms with Crippen LogP contribution in [0.5, 0.6) is 0 Å². The van der Waals surface area contributed by atoms with Gasteiger partial charge >= 0.3 is 6.03 Å². The number of carbonyl (C=O) groups excluding carboxylic acids is 1. The molecule has 0 bridgehead atoms. The average molecular weight is 410 g/mol. The standard InChI is InChI=1S/C20H25F2N3O2S/c1-13-3-6-15(7-4-13)23-19(26)24-20-25(9-10-27-2)12-18(28-20)16-8-5-14(21)11-17(16)22/h5,8,11-13,15H,3-4,6-7,9-10H2,1-2H3,(H,23,26). The van der Waals surface area contributed by atoms with Crippen LogP contribution >= 0.6 is 11.3 Å². The summed E-state index contributed by atoms with van der Waals surface area (Å²) in [4.78, 5) is 17.6. The van der Waals surface area contributed by atoms with Crippen LogP contribution in [0.3, 0.4) is 0 Å². The van der Waals surface area contributed by atoms with Crippen LogP contribution in [0.2, 0.25) is 0 Å². The van der Waals surface area contributed by atoms with Crippen molar-refractivity contribution in [1.29, 1.82) is 0 Å². The van der Waals surface area contributed by atoms with E-state index in [-0.39, 0.29) is 11.6 Å². The Labute approximate surface area is 167 Å². The van der Waals surface area contributed by atoms with E-state index in [0.717, 1.165) is 31.7 Å². The molecule has 1 heterocycles. The van der Waals surface area contributed by atoms with Gasteiger partial charge in [0.1, 0.15) is 11.6 Å². The number of methoxy groups -OCH3 is 1. The lowest BCUT2D eigenvalue weighted by Crippen LogP contribution is -2.36. The maximum atomic E-state index is 14.2. The second kappa shape index (κ2) is 9.43. The summed E-state index contributed by atoms with van der Waals surface area (Å²) < 4.78 is 34.2. The largest absolute Gasteiger partial charge is 0.383 e. The van der Waals surface area contributed by atoms with Crippen molar-refractivity contribution in [2.24, 2.45) is 10.9 Å². The van der Waals surface area contributed by atoms with Crippen LogP contribution in [0.25, 0.3) is 10.4 Å². The Morgan fingerprint density at radius 1 is 1.32 bits per heavy atom. The van der Waals surface area contributed by atoms with Gasteiger partial charge < -0.3 is 14.6 Å². The van der Waals surface area contributed by atoms with Gasteiger partial charge in [-0.25, -0.2) is 13.6 Å². The molecule has 1 aromatic heterocycles. The first kappa shape index (κ1) is 20.7. The molecule has 0 spiro atoms. The molecule has 2 aromatic rings. The van der Waals surface area contributed by atoms with Gasteiger partial charge in [0.05, 0.1) is 11.5 Å². The van der Waals surface area contributed by atoms with Crippen molar-refractivity contribution in [2.45, 2.75) is 45.2 Å². The van der Waals surface area contributed by atoms with E-state index < -0.39 is 17.7 Å². The molecule has 1 aliphatic carbocycles. The quantitative estimate of drug-likeness (QED) is 0.799. The van der Waals surface area contributed by atoms with Gasteiger partial charge in [-0.15, -0.1) is 0 Å². The highest BCUT2D eigenvalue weighted by Gasteiger charge is 2.19. The SMILES string of the molecule is COCCn1cc(-c2ccc(F)cc2F)sc1=NC(=O)NC1CCC(C)CC1. The Morgan fingerprint density at radius 2 is 2.07 bits per heavy atom. The number of hydrogen-bond acceptors (Lipinski definition) is 3. The summed E-state index contributed by atoms with van der Waals surface area (Å²) in [6.07, 6.45) is 5.84. The maximum absolute atomic E-state index is 14.2. The van der Waals surface area contributed by atoms with E-state index in [1.54, 1.807) is 17.9 Å². The number of nitrogens with one attached hydrogen (secondary N) is 1. The lowest BCUT2D eigenvalue weighted by molar-refractivity contribution is 0.186. The molecule has 1 aromatic carbocycles. The van der Waals surface area contributed by atoms with E-state index in [4.69, 9.17) is 4.74 Å². The molecule has 1 saturated carbocycles. The first-order valence-corrected chi connectivity index (χ1v) is 10.3. The van der Waals surface area contributed by atoms with Crippen molar-refractivity contribution in [3.63, 3.8) is 0 Å². The third-order valence-electron chi connectivity index (χ3n) is 4.99. The molecule has 28 heavy (non-hydrogen) atoms. The smallest absolute Gasteiger partial charge is 0.343 e. The second-order valence-electron chi connectivity index (χ2n) is 7.21. The van der Waals surface area contributed by atoms with Crippen molar-refractivity contribution < 1.29 is 18.3 Å². The van der Waals surface area contributed by atoms with Gasteiger partial charge in [0, 0.05) is 37.5 Å². The van der Waals surface area contributed by atoms with Crippen LogP contribution < -0.4 is 10.1 Å². The van der Waals surface area contributed by atoms with E-state index in [1.165, 1.54) is 23.5 Å². The molecule has 0 aliphatic heterocycles. The predicted molar refractivity (Wildman–Crippen MR) is 105 cm³/mol. The molecule has 2 amide bonds. The normalized spacial score (nSPS) is 20.4. The average Bonchev–Trinajstić information content (AvgIpc) is 3.04. The van der Waals surface area contributed by atoms with Crippen molar-refractivity contribution in [3.8, 4) is 10.4 Å². The molecule has 1 aliphatic rings. The van der Waals surface area contributed by atoms with Gasteiger partial charge in [0.2, 0.25) is 0 Å². The molecule has 1 N–H and O–H groups in total. The molecule has 152 valence electrons. The molecular formula is C20H25F2N3O2S. The van der Waals surface area contributed by atoms with Crippen LogP contribution in [-0.2, 0) is 11.3 Å². The minimum absolute atomic E-state index is 0.147. The third-order valence-corrected chi connectivity index (χ3v) is 6.05. The van der Waals surface area contributed by atoms with Crippen LogP contribution in [-0.4, -0.2) is 30.4 Å². The number of thiazole rings is 1. The van der Waals surface area contributed by atoms with E-state index >= 15 is 0 Å². The first-order chi connectivity index (χ1) is 13.5. The Kier molecular flexibility index (Phi) is 6.96. The summed E-state index contributed by atoms with van der Waals surface area (Å²) in [7, 11) is 1.58. The predicted octanol–water partition coefficient (Wildman–Crippen LogP) is 4.33. The number of carbonyl (C=O) groups is 1. The van der Waals surface area contributed by atoms with Crippen molar-refractivity contribution in [2.75, 3.05) is 13.7 Å². The van der Waals surface area contributed by atoms with Crippen molar-refractivity contribution in [1.82, 2.24) is 9.88 Å². The van der Waals surface area contributed by atoms with Gasteiger partial charge in [-0.05, 0) is 43.7 Å². The Balaban J connectivity index is 1.84. The van der Waals surface area contributed by atoms with E-state index in [1.807, 2.05) is 0 Å². The van der Waals surface area contributed by atoms with E-state index in [0.29, 0.717) is 28.7 Å². The second-order valence-corrected chi connectivity index (χ2v) is 8.22. The number of benzene rings is 1. The van der Waals surface area contributed by atoms with Crippen molar-refractivity contribution >= 4 is 17.4 Å². The number of rotatable bonds is 5. The van der Waals surface area contributed by atoms with Gasteiger partial charge in [-0.3, -0.25) is 0 Å². The van der Waals surface area contributed by atoms with Gasteiger partial charge in [0.25, 0.3) is 0 Å². The van der Waals surface area contributed by atoms with E-state index in [9.17, 15) is 13.6 Å². The zero-order chi connectivity index (χ0) is 20.1. The lowest BCUT2D eigenvalue weighted by Gasteiger charge is -2.26. The Hall–Kier alpha value is -2.06. The molecule has 0 radical (unpaired) electrons. The Bertz CT molecular complexity index is 886. The summed E-state index contributed by atoms with van der Waals surface area (Å²) in [5, 5.41) is 2.97. The number of halogens is 2. The molecule has 0 atom stereocenters. The lowest BCUT2D eigenvalue weighted by atomic mass is 9.87. The molecule has 1 fully saturated rings. The first-order valence-electron chi connectivity index (χ1n) is 9.46. The highest BCUT2D eigenvalue weighted by atomic mass is 32.1. The van der Waals surface area contributed by atoms with Crippen LogP contribution in [0.1, 0.15) is 32.6 Å². The molecule has 0 saturated heterocycles. The summed E-state index contributed by atoms with van der Waals surface area (Å²) >= 11 is 1.19. The number of amides is 2. The summed E-state index contributed by atoms with van der Waals surface area (Å²) in [5.74, 6) is -0.574. The minimum Gasteiger partial charge on any atom is -0.383 e. The molecule has 3 rings (SSSR count). The Morgan fingerprint density at radius 3 is 2.75 bits per heavy atom. The highest BCUT2D eigenvalue weighted by molar-refractivity contribution is 7.12. The number of urea groups is 1. The molecule has 5 nitrogen and oxygen atoms in total. The minimum atomic E-state index is -0.646. The highest BCUT2D eigenvalue weighted by Crippen LogP contribution is 2.26. The van der Waals surface area contributed by atoms with Crippen LogP contribution in [0, 0.1) is 17.6 Å². The van der Waals surface area contributed by atoms with Gasteiger partial charge in [0.15, 0.2) is 4.80 Å². The summed E-state index contributed by atoms with van der Waals surface area (Å²) in [5.41, 5.74) is 0.278. The summed E-state index contributed by atoms with van der Waals surface area (Å²) in [6, 6.07) is 3.21. The van der Waals surface area contributed by atoms with Crippen LogP contribution in [0.4, 0.5) is 13.6 Å². The zero-order valence-electron chi connectivity index (χ0n) is 16.1. The van der Waals surface area contributed by atoms with Crippen molar-refractivity contribution in [3.05, 3.63) is 40.8 Å². The van der Waals surface area contributed by atoms with Crippen LogP contribution in [0.15, 0.2) is 29.4 Å². The monoisotopic (exact) mass is 409 g/mol. The fraction of sp³-hybridized carbons (Fsp3) is 0.500. The summed E-state index contributed by atoms with van der Waals surface area (Å²) in [6.45, 7) is 3.13. The fourth-order valence-electron chi connectivity index (χ4n) is 3.33. The zero-order valence-corrected chi connectivity index (χ0v) is 16.9. The number of hydrogen-bond donors (Lipinski definition) is 1. The molecular weight excluding hydrogens is 384 g/mol. The number of aromatic nitrogens is 1. The molecule has 8 heteroatoms. The number of nitrogens with zero attached hydrogens (tertiary/aromatic N) is 2. The topological polar surface area (TPSA) is 55.6 Å². The third kappa shape index (κ3) is 5.26. The van der Waals surface area contributed by atoms with Gasteiger partial charge in [-0.1, -0.05) is 18.3 Å². The number of ether oxygens (including phenoxy) is 1.